The van der Waals surface area contributed by atoms with E-state index in [9.17, 15) is 9.59 Å². The SMILES string of the molecule is CC(=O)OCC1C2CCCC(=O)N2CCC12SCCCS2. The molecule has 1 spiro atoms. The topological polar surface area (TPSA) is 46.6 Å². The van der Waals surface area contributed by atoms with Crippen LogP contribution in [0.5, 0.6) is 0 Å². The van der Waals surface area contributed by atoms with Crippen molar-refractivity contribution in [2.75, 3.05) is 24.7 Å². The molecule has 6 heteroatoms. The molecule has 4 nitrogen and oxygen atoms in total. The van der Waals surface area contributed by atoms with Crippen LogP contribution in [0.1, 0.15) is 39.0 Å². The molecule has 3 aliphatic rings. The van der Waals surface area contributed by atoms with Crippen LogP contribution in [0.25, 0.3) is 0 Å². The summed E-state index contributed by atoms with van der Waals surface area (Å²) in [7, 11) is 0. The number of nitrogens with zero attached hydrogens (tertiary/aromatic N) is 1. The highest BCUT2D eigenvalue weighted by Crippen LogP contribution is 2.55. The maximum absolute atomic E-state index is 12.2. The van der Waals surface area contributed by atoms with Gasteiger partial charge in [-0.3, -0.25) is 9.59 Å². The number of thioether (sulfide) groups is 2. The average Bonchev–Trinajstić information content (AvgIpc) is 2.47. The van der Waals surface area contributed by atoms with Gasteiger partial charge in [0.15, 0.2) is 0 Å². The van der Waals surface area contributed by atoms with E-state index in [0.29, 0.717) is 18.9 Å². The average molecular weight is 329 g/mol. The van der Waals surface area contributed by atoms with Crippen molar-refractivity contribution in [3.63, 3.8) is 0 Å². The number of hydrogen-bond donors (Lipinski definition) is 0. The number of amides is 1. The number of esters is 1. The molecule has 0 N–H and O–H groups in total. The third-order valence-electron chi connectivity index (χ3n) is 4.79. The quantitative estimate of drug-likeness (QED) is 0.729. The highest BCUT2D eigenvalue weighted by atomic mass is 32.2. The van der Waals surface area contributed by atoms with Gasteiger partial charge in [0.05, 0.1) is 10.7 Å². The zero-order chi connectivity index (χ0) is 14.9. The first-order valence-electron chi connectivity index (χ1n) is 7.83. The van der Waals surface area contributed by atoms with E-state index in [1.165, 1.54) is 24.9 Å². The molecule has 21 heavy (non-hydrogen) atoms. The molecule has 2 atom stereocenters. The number of carbonyl (C=O) groups excluding carboxylic acids is 2. The molecule has 0 aliphatic carbocycles. The second-order valence-electron chi connectivity index (χ2n) is 6.07. The molecule has 2 unspecified atom stereocenters. The van der Waals surface area contributed by atoms with Crippen molar-refractivity contribution in [3.05, 3.63) is 0 Å². The molecule has 0 aromatic heterocycles. The molecule has 3 rings (SSSR count). The van der Waals surface area contributed by atoms with Gasteiger partial charge >= 0.3 is 5.97 Å². The predicted octanol–water partition coefficient (Wildman–Crippen LogP) is 2.52. The number of ether oxygens (including phenoxy) is 1. The first kappa shape index (κ1) is 15.5. The minimum absolute atomic E-state index is 0.145. The summed E-state index contributed by atoms with van der Waals surface area (Å²) in [4.78, 5) is 25.5. The van der Waals surface area contributed by atoms with Gasteiger partial charge in [-0.15, -0.1) is 23.5 Å². The van der Waals surface area contributed by atoms with Gasteiger partial charge in [-0.1, -0.05) is 0 Å². The molecule has 3 fully saturated rings. The van der Waals surface area contributed by atoms with Crippen molar-refractivity contribution < 1.29 is 14.3 Å². The largest absolute Gasteiger partial charge is 0.465 e. The highest BCUT2D eigenvalue weighted by molar-refractivity contribution is 8.18. The predicted molar refractivity (Wildman–Crippen MR) is 86.4 cm³/mol. The number of rotatable bonds is 2. The molecule has 3 aliphatic heterocycles. The fourth-order valence-corrected chi connectivity index (χ4v) is 7.44. The molecule has 0 saturated carbocycles. The van der Waals surface area contributed by atoms with Crippen molar-refractivity contribution >= 4 is 35.4 Å². The van der Waals surface area contributed by atoms with Crippen LogP contribution in [0.2, 0.25) is 0 Å². The first-order valence-corrected chi connectivity index (χ1v) is 9.80. The van der Waals surface area contributed by atoms with Gasteiger partial charge in [0.2, 0.25) is 5.91 Å². The van der Waals surface area contributed by atoms with E-state index < -0.39 is 0 Å². The summed E-state index contributed by atoms with van der Waals surface area (Å²) >= 11 is 4.07. The lowest BCUT2D eigenvalue weighted by molar-refractivity contribution is -0.147. The van der Waals surface area contributed by atoms with Crippen LogP contribution < -0.4 is 0 Å². The Morgan fingerprint density at radius 1 is 1.38 bits per heavy atom. The molecule has 3 heterocycles. The van der Waals surface area contributed by atoms with E-state index in [0.717, 1.165) is 25.8 Å². The summed E-state index contributed by atoms with van der Waals surface area (Å²) in [5.41, 5.74) is 0. The van der Waals surface area contributed by atoms with Crippen LogP contribution in [0.15, 0.2) is 0 Å². The molecule has 1 amide bonds. The third kappa shape index (κ3) is 3.07. The van der Waals surface area contributed by atoms with Crippen LogP contribution in [0.3, 0.4) is 0 Å². The van der Waals surface area contributed by atoms with Gasteiger partial charge in [0.25, 0.3) is 0 Å². The zero-order valence-electron chi connectivity index (χ0n) is 12.5. The Labute approximate surface area is 134 Å². The van der Waals surface area contributed by atoms with Crippen LogP contribution in [0, 0.1) is 5.92 Å². The van der Waals surface area contributed by atoms with E-state index in [2.05, 4.69) is 4.90 Å². The van der Waals surface area contributed by atoms with Crippen LogP contribution in [-0.2, 0) is 14.3 Å². The first-order chi connectivity index (χ1) is 10.1. The smallest absolute Gasteiger partial charge is 0.302 e. The number of hydrogen-bond acceptors (Lipinski definition) is 5. The van der Waals surface area contributed by atoms with E-state index in [-0.39, 0.29) is 22.0 Å². The second kappa shape index (κ2) is 6.41. The molecule has 118 valence electrons. The summed E-state index contributed by atoms with van der Waals surface area (Å²) < 4.78 is 5.53. The summed E-state index contributed by atoms with van der Waals surface area (Å²) in [6.45, 7) is 2.81. The Hall–Kier alpha value is -0.360. The van der Waals surface area contributed by atoms with Gasteiger partial charge in [-0.2, -0.15) is 0 Å². The van der Waals surface area contributed by atoms with Crippen molar-refractivity contribution in [2.24, 2.45) is 5.92 Å². The van der Waals surface area contributed by atoms with Crippen molar-refractivity contribution in [2.45, 2.75) is 49.1 Å². The fourth-order valence-electron chi connectivity index (χ4n) is 3.80. The summed E-state index contributed by atoms with van der Waals surface area (Å²) in [5, 5.41) is 0. The van der Waals surface area contributed by atoms with E-state index in [1.54, 1.807) is 0 Å². The highest BCUT2D eigenvalue weighted by Gasteiger charge is 2.52. The Kier molecular flexibility index (Phi) is 4.74. The molecular weight excluding hydrogens is 306 g/mol. The van der Waals surface area contributed by atoms with Crippen molar-refractivity contribution in [1.82, 2.24) is 4.90 Å². The maximum Gasteiger partial charge on any atom is 0.302 e. The van der Waals surface area contributed by atoms with Gasteiger partial charge in [0.1, 0.15) is 0 Å². The molecule has 0 radical (unpaired) electrons. The summed E-state index contributed by atoms with van der Waals surface area (Å²) in [6, 6.07) is 0.262. The number of piperidine rings is 2. The van der Waals surface area contributed by atoms with Crippen LogP contribution in [0.4, 0.5) is 0 Å². The van der Waals surface area contributed by atoms with Gasteiger partial charge < -0.3 is 9.64 Å². The van der Waals surface area contributed by atoms with Crippen molar-refractivity contribution in [3.8, 4) is 0 Å². The van der Waals surface area contributed by atoms with Crippen LogP contribution >= 0.6 is 23.5 Å². The summed E-state index contributed by atoms with van der Waals surface area (Å²) in [6.07, 6.45) is 4.99. The van der Waals surface area contributed by atoms with Gasteiger partial charge in [-0.05, 0) is 37.2 Å². The Balaban J connectivity index is 1.83. The lowest BCUT2D eigenvalue weighted by atomic mass is 9.83. The van der Waals surface area contributed by atoms with Crippen molar-refractivity contribution in [1.29, 1.82) is 0 Å². The Morgan fingerprint density at radius 3 is 2.86 bits per heavy atom. The van der Waals surface area contributed by atoms with E-state index in [1.807, 2.05) is 23.5 Å². The second-order valence-corrected chi connectivity index (χ2v) is 9.18. The third-order valence-corrected chi connectivity index (χ3v) is 8.47. The minimum Gasteiger partial charge on any atom is -0.465 e. The van der Waals surface area contributed by atoms with E-state index in [4.69, 9.17) is 4.74 Å². The molecule has 0 aromatic carbocycles. The summed E-state index contributed by atoms with van der Waals surface area (Å²) in [5.74, 6) is 2.72. The molecule has 3 saturated heterocycles. The van der Waals surface area contributed by atoms with Crippen LogP contribution in [-0.4, -0.2) is 51.6 Å². The molecular formula is C15H23NO3S2. The number of carbonyl (C=O) groups is 2. The lowest BCUT2D eigenvalue weighted by Gasteiger charge is -2.54. The standard InChI is InChI=1S/C15H23NO3S2/c1-11(17)19-10-12-13-4-2-5-14(18)16(13)7-6-15(12)20-8-3-9-21-15/h12-13H,2-10H2,1H3. The minimum atomic E-state index is -0.213. The Morgan fingerprint density at radius 2 is 2.14 bits per heavy atom. The zero-order valence-corrected chi connectivity index (χ0v) is 14.1. The monoisotopic (exact) mass is 329 g/mol. The Bertz CT molecular complexity index is 423. The number of fused-ring (bicyclic) bond motifs is 1. The normalized spacial score (nSPS) is 31.9. The lowest BCUT2D eigenvalue weighted by Crippen LogP contribution is -2.60. The van der Waals surface area contributed by atoms with Gasteiger partial charge in [0, 0.05) is 31.8 Å². The van der Waals surface area contributed by atoms with Gasteiger partial charge in [-0.25, -0.2) is 0 Å². The molecule has 0 aromatic rings. The molecule has 0 bridgehead atoms. The fraction of sp³-hybridized carbons (Fsp3) is 0.867. The van der Waals surface area contributed by atoms with E-state index >= 15 is 0 Å². The maximum atomic E-state index is 12.2.